The van der Waals surface area contributed by atoms with Crippen molar-refractivity contribution in [2.45, 2.75) is 20.4 Å². The van der Waals surface area contributed by atoms with E-state index in [1.54, 1.807) is 17.4 Å². The van der Waals surface area contributed by atoms with Crippen molar-refractivity contribution in [2.24, 2.45) is 0 Å². The van der Waals surface area contributed by atoms with Crippen LogP contribution in [0.25, 0.3) is 0 Å². The Kier molecular flexibility index (Phi) is 4.14. The Morgan fingerprint density at radius 1 is 1.39 bits per heavy atom. The zero-order chi connectivity index (χ0) is 13.1. The van der Waals surface area contributed by atoms with Gasteiger partial charge in [0.05, 0.1) is 17.8 Å². The Bertz CT molecular complexity index is 561. The van der Waals surface area contributed by atoms with Crippen LogP contribution in [0, 0.1) is 13.8 Å². The van der Waals surface area contributed by atoms with Crippen LogP contribution in [0.4, 0.5) is 0 Å². The van der Waals surface area contributed by atoms with Crippen molar-refractivity contribution in [2.75, 3.05) is 0 Å². The zero-order valence-corrected chi connectivity index (χ0v) is 12.6. The Morgan fingerprint density at radius 2 is 2.11 bits per heavy atom. The fourth-order valence-corrected chi connectivity index (χ4v) is 2.85. The van der Waals surface area contributed by atoms with E-state index in [1.807, 2.05) is 32.0 Å². The summed E-state index contributed by atoms with van der Waals surface area (Å²) in [6.45, 7) is 4.48. The quantitative estimate of drug-likeness (QED) is 0.939. The van der Waals surface area contributed by atoms with E-state index < -0.39 is 0 Å². The van der Waals surface area contributed by atoms with Crippen LogP contribution < -0.4 is 5.32 Å². The minimum Gasteiger partial charge on any atom is -0.345 e. The van der Waals surface area contributed by atoms with Gasteiger partial charge in [0.1, 0.15) is 5.01 Å². The first-order valence-electron chi connectivity index (χ1n) is 5.53. The second-order valence-corrected chi connectivity index (χ2v) is 6.05. The summed E-state index contributed by atoms with van der Waals surface area (Å²) in [5, 5.41) is 3.81. The molecule has 0 aliphatic carbocycles. The predicted molar refractivity (Wildman–Crippen MR) is 76.9 cm³/mol. The maximum atomic E-state index is 12.0. The number of amides is 1. The molecule has 0 aliphatic heterocycles. The predicted octanol–water partition coefficient (Wildman–Crippen LogP) is 3.45. The summed E-state index contributed by atoms with van der Waals surface area (Å²) in [7, 11) is 0. The van der Waals surface area contributed by atoms with E-state index in [0.717, 1.165) is 15.2 Å². The third-order valence-electron chi connectivity index (χ3n) is 2.59. The molecule has 0 bridgehead atoms. The Balaban J connectivity index is 2.03. The van der Waals surface area contributed by atoms with Crippen molar-refractivity contribution in [3.63, 3.8) is 0 Å². The molecule has 0 saturated heterocycles. The fraction of sp³-hybridized carbons (Fsp3) is 0.231. The van der Waals surface area contributed by atoms with E-state index in [-0.39, 0.29) is 5.91 Å². The maximum absolute atomic E-state index is 12.0. The Hall–Kier alpha value is -1.20. The number of carbonyl (C=O) groups is 1. The van der Waals surface area contributed by atoms with Gasteiger partial charge in [-0.2, -0.15) is 0 Å². The van der Waals surface area contributed by atoms with Crippen LogP contribution in [0.1, 0.15) is 25.9 Å². The summed E-state index contributed by atoms with van der Waals surface area (Å²) in [5.74, 6) is -0.0898. The highest BCUT2D eigenvalue weighted by Crippen LogP contribution is 2.18. The number of thiazole rings is 1. The van der Waals surface area contributed by atoms with Crippen molar-refractivity contribution >= 4 is 33.2 Å². The molecule has 3 nitrogen and oxygen atoms in total. The molecule has 0 atom stereocenters. The first kappa shape index (κ1) is 13.2. The SMILES string of the molecule is Cc1nc(CNC(=O)c2ccccc2Br)sc1C. The van der Waals surface area contributed by atoms with E-state index in [0.29, 0.717) is 12.1 Å². The van der Waals surface area contributed by atoms with Crippen LogP contribution in [-0.4, -0.2) is 10.9 Å². The highest BCUT2D eigenvalue weighted by Gasteiger charge is 2.10. The molecule has 1 amide bonds. The van der Waals surface area contributed by atoms with Crippen molar-refractivity contribution in [1.29, 1.82) is 0 Å². The lowest BCUT2D eigenvalue weighted by Gasteiger charge is -2.04. The van der Waals surface area contributed by atoms with Gasteiger partial charge in [-0.05, 0) is 41.9 Å². The van der Waals surface area contributed by atoms with Crippen LogP contribution in [0.5, 0.6) is 0 Å². The number of benzene rings is 1. The lowest BCUT2D eigenvalue weighted by Crippen LogP contribution is -2.23. The summed E-state index contributed by atoms with van der Waals surface area (Å²) < 4.78 is 0.800. The molecule has 2 aromatic rings. The molecule has 0 fully saturated rings. The summed E-state index contributed by atoms with van der Waals surface area (Å²) in [4.78, 5) is 17.6. The third-order valence-corrected chi connectivity index (χ3v) is 4.36. The van der Waals surface area contributed by atoms with Gasteiger partial charge >= 0.3 is 0 Å². The number of aryl methyl sites for hydroxylation is 2. The highest BCUT2D eigenvalue weighted by atomic mass is 79.9. The van der Waals surface area contributed by atoms with Crippen LogP contribution in [0.3, 0.4) is 0 Å². The first-order chi connectivity index (χ1) is 8.58. The molecule has 0 radical (unpaired) electrons. The number of aromatic nitrogens is 1. The maximum Gasteiger partial charge on any atom is 0.252 e. The molecule has 0 aliphatic rings. The molecular formula is C13H13BrN2OS. The van der Waals surface area contributed by atoms with E-state index in [4.69, 9.17) is 0 Å². The molecular weight excluding hydrogens is 312 g/mol. The number of halogens is 1. The number of rotatable bonds is 3. The van der Waals surface area contributed by atoms with Gasteiger partial charge in [0.2, 0.25) is 0 Å². The van der Waals surface area contributed by atoms with Gasteiger partial charge < -0.3 is 5.32 Å². The van der Waals surface area contributed by atoms with Crippen molar-refractivity contribution < 1.29 is 4.79 Å². The average Bonchev–Trinajstić information content (AvgIpc) is 2.66. The van der Waals surface area contributed by atoms with Crippen LogP contribution in [-0.2, 0) is 6.54 Å². The minimum atomic E-state index is -0.0898. The molecule has 0 unspecified atom stereocenters. The Labute approximate surface area is 118 Å². The molecule has 0 spiro atoms. The van der Waals surface area contributed by atoms with Crippen molar-refractivity contribution in [3.05, 3.63) is 49.9 Å². The van der Waals surface area contributed by atoms with Gasteiger partial charge in [-0.3, -0.25) is 4.79 Å². The van der Waals surface area contributed by atoms with Crippen molar-refractivity contribution in [1.82, 2.24) is 10.3 Å². The number of nitrogens with zero attached hydrogens (tertiary/aromatic N) is 1. The highest BCUT2D eigenvalue weighted by molar-refractivity contribution is 9.10. The van der Waals surface area contributed by atoms with Crippen LogP contribution in [0.15, 0.2) is 28.7 Å². The standard InChI is InChI=1S/C13H13BrN2OS/c1-8-9(2)18-12(16-8)7-15-13(17)10-5-3-4-6-11(10)14/h3-6H,7H2,1-2H3,(H,15,17). The second kappa shape index (κ2) is 5.63. The Morgan fingerprint density at radius 3 is 2.72 bits per heavy atom. The molecule has 94 valence electrons. The molecule has 18 heavy (non-hydrogen) atoms. The molecule has 0 saturated carbocycles. The van der Waals surface area contributed by atoms with Crippen LogP contribution in [0.2, 0.25) is 0 Å². The topological polar surface area (TPSA) is 42.0 Å². The summed E-state index contributed by atoms with van der Waals surface area (Å²) >= 11 is 4.98. The molecule has 2 rings (SSSR count). The molecule has 1 aromatic heterocycles. The second-order valence-electron chi connectivity index (χ2n) is 3.91. The lowest BCUT2D eigenvalue weighted by atomic mass is 10.2. The first-order valence-corrected chi connectivity index (χ1v) is 7.14. The lowest BCUT2D eigenvalue weighted by molar-refractivity contribution is 0.0950. The normalized spacial score (nSPS) is 10.4. The minimum absolute atomic E-state index is 0.0898. The van der Waals surface area contributed by atoms with Crippen LogP contribution >= 0.6 is 27.3 Å². The van der Waals surface area contributed by atoms with Gasteiger partial charge in [0.15, 0.2) is 0 Å². The van der Waals surface area contributed by atoms with E-state index >= 15 is 0 Å². The van der Waals surface area contributed by atoms with Gasteiger partial charge in [-0.25, -0.2) is 4.98 Å². The summed E-state index contributed by atoms with van der Waals surface area (Å²) in [5.41, 5.74) is 1.67. The van der Waals surface area contributed by atoms with Gasteiger partial charge in [-0.15, -0.1) is 11.3 Å². The number of nitrogens with one attached hydrogen (secondary N) is 1. The smallest absolute Gasteiger partial charge is 0.252 e. The molecule has 1 N–H and O–H groups in total. The van der Waals surface area contributed by atoms with Gasteiger partial charge in [-0.1, -0.05) is 12.1 Å². The van der Waals surface area contributed by atoms with E-state index in [1.165, 1.54) is 4.88 Å². The van der Waals surface area contributed by atoms with Gasteiger partial charge in [0, 0.05) is 9.35 Å². The van der Waals surface area contributed by atoms with Gasteiger partial charge in [0.25, 0.3) is 5.91 Å². The monoisotopic (exact) mass is 324 g/mol. The van der Waals surface area contributed by atoms with E-state index in [2.05, 4.69) is 26.2 Å². The summed E-state index contributed by atoms with van der Waals surface area (Å²) in [6.07, 6.45) is 0. The number of hydrogen-bond donors (Lipinski definition) is 1. The molecule has 1 aromatic carbocycles. The fourth-order valence-electron chi connectivity index (χ4n) is 1.51. The summed E-state index contributed by atoms with van der Waals surface area (Å²) in [6, 6.07) is 7.37. The molecule has 5 heteroatoms. The number of carbonyl (C=O) groups excluding carboxylic acids is 1. The van der Waals surface area contributed by atoms with Crippen molar-refractivity contribution in [3.8, 4) is 0 Å². The third kappa shape index (κ3) is 2.97. The van der Waals surface area contributed by atoms with E-state index in [9.17, 15) is 4.79 Å². The zero-order valence-electron chi connectivity index (χ0n) is 10.2. The number of hydrogen-bond acceptors (Lipinski definition) is 3. The average molecular weight is 325 g/mol. The molecule has 1 heterocycles. The largest absolute Gasteiger partial charge is 0.345 e.